The maximum atomic E-state index is 12.8. The lowest BCUT2D eigenvalue weighted by Gasteiger charge is -2.11. The van der Waals surface area contributed by atoms with Crippen molar-refractivity contribution in [2.45, 2.75) is 6.54 Å². The lowest BCUT2D eigenvalue weighted by atomic mass is 10.2. The smallest absolute Gasteiger partial charge is 0.333 e. The number of terminal acetylenes is 1. The van der Waals surface area contributed by atoms with Gasteiger partial charge in [0, 0.05) is 26.2 Å². The molecule has 2 heterocycles. The van der Waals surface area contributed by atoms with Crippen molar-refractivity contribution in [1.82, 2.24) is 23.6 Å². The Hall–Kier alpha value is -3.31. The Kier molecular flexibility index (Phi) is 5.38. The summed E-state index contributed by atoms with van der Waals surface area (Å²) >= 11 is 0. The minimum atomic E-state index is -0.485. The van der Waals surface area contributed by atoms with Crippen LogP contribution in [-0.4, -0.2) is 50.8 Å². The summed E-state index contributed by atoms with van der Waals surface area (Å²) in [5.41, 5.74) is 0.499. The number of aryl methyl sites for hydroxylation is 2. The van der Waals surface area contributed by atoms with E-state index in [-0.39, 0.29) is 6.54 Å². The van der Waals surface area contributed by atoms with Gasteiger partial charge in [0.15, 0.2) is 11.2 Å². The molecule has 0 radical (unpaired) electrons. The molecule has 0 aliphatic heterocycles. The molecule has 0 aliphatic rings. The minimum Gasteiger partial charge on any atom is -0.492 e. The van der Waals surface area contributed by atoms with E-state index in [0.717, 1.165) is 16.7 Å². The number of ether oxygens (including phenoxy) is 1. The number of aromatic nitrogens is 4. The van der Waals surface area contributed by atoms with Crippen molar-refractivity contribution in [3.63, 3.8) is 0 Å². The van der Waals surface area contributed by atoms with Gasteiger partial charge in [-0.3, -0.25) is 9.36 Å². The molecule has 0 atom stereocenters. The molecule has 0 saturated heterocycles. The summed E-state index contributed by atoms with van der Waals surface area (Å²) in [6.07, 6.45) is 5.30. The Morgan fingerprint density at radius 3 is 2.64 bits per heavy atom. The third kappa shape index (κ3) is 3.44. The molecular weight excluding hydrogens is 358 g/mol. The molecule has 0 bridgehead atoms. The normalized spacial score (nSPS) is 11.1. The van der Waals surface area contributed by atoms with Crippen LogP contribution in [0.5, 0.6) is 5.75 Å². The topological polar surface area (TPSA) is 74.3 Å². The molecule has 28 heavy (non-hydrogen) atoms. The zero-order valence-electron chi connectivity index (χ0n) is 16.5. The Morgan fingerprint density at radius 2 is 1.96 bits per heavy atom. The van der Waals surface area contributed by atoms with Crippen LogP contribution in [0.15, 0.2) is 33.9 Å². The molecule has 0 aliphatic carbocycles. The molecule has 0 N–H and O–H groups in total. The third-order valence-corrected chi connectivity index (χ3v) is 4.51. The van der Waals surface area contributed by atoms with Gasteiger partial charge in [0.25, 0.3) is 5.56 Å². The van der Waals surface area contributed by atoms with Crippen molar-refractivity contribution in [2.75, 3.05) is 27.2 Å². The summed E-state index contributed by atoms with van der Waals surface area (Å²) in [6.45, 7) is 1.27. The van der Waals surface area contributed by atoms with Gasteiger partial charge >= 0.3 is 5.69 Å². The average Bonchev–Trinajstić information content (AvgIpc) is 3.01. The molecule has 0 amide bonds. The van der Waals surface area contributed by atoms with Crippen LogP contribution in [0.25, 0.3) is 22.6 Å². The number of rotatable bonds is 6. The molecule has 0 fully saturated rings. The molecule has 146 valence electrons. The molecule has 1 aromatic carbocycles. The van der Waals surface area contributed by atoms with Gasteiger partial charge in [-0.1, -0.05) is 18.1 Å². The van der Waals surface area contributed by atoms with Crippen molar-refractivity contribution >= 4 is 11.2 Å². The van der Waals surface area contributed by atoms with E-state index in [4.69, 9.17) is 11.2 Å². The van der Waals surface area contributed by atoms with Crippen molar-refractivity contribution < 1.29 is 4.74 Å². The van der Waals surface area contributed by atoms with E-state index in [1.54, 1.807) is 18.7 Å². The standard InChI is InChI=1S/C20H23N5O3/c1-6-10-25-19(26)16-18(24(5)20(25)27)21-17(23(16)4)14-8-7-9-15(13-14)28-12-11-22(2)3/h1,7-9,13H,10-12H2,2-5H3. The second kappa shape index (κ2) is 7.74. The second-order valence-electron chi connectivity index (χ2n) is 6.78. The van der Waals surface area contributed by atoms with Gasteiger partial charge in [-0.2, -0.15) is 0 Å². The highest BCUT2D eigenvalue weighted by atomic mass is 16.5. The van der Waals surface area contributed by atoms with Crippen LogP contribution >= 0.6 is 0 Å². The van der Waals surface area contributed by atoms with E-state index in [1.807, 2.05) is 43.3 Å². The summed E-state index contributed by atoms with van der Waals surface area (Å²) in [6, 6.07) is 7.50. The number of hydrogen-bond acceptors (Lipinski definition) is 5. The minimum absolute atomic E-state index is 0.0862. The highest BCUT2D eigenvalue weighted by Crippen LogP contribution is 2.25. The van der Waals surface area contributed by atoms with Crippen LogP contribution in [0.1, 0.15) is 0 Å². The van der Waals surface area contributed by atoms with Crippen LogP contribution in [-0.2, 0) is 20.6 Å². The predicted octanol–water partition coefficient (Wildman–Crippen LogP) is 0.674. The maximum Gasteiger partial charge on any atom is 0.333 e. The van der Waals surface area contributed by atoms with E-state index in [9.17, 15) is 9.59 Å². The van der Waals surface area contributed by atoms with Gasteiger partial charge in [0.1, 0.15) is 18.2 Å². The lowest BCUT2D eigenvalue weighted by molar-refractivity contribution is 0.261. The fraction of sp³-hybridized carbons (Fsp3) is 0.350. The molecule has 8 heteroatoms. The highest BCUT2D eigenvalue weighted by molar-refractivity contribution is 5.77. The molecule has 8 nitrogen and oxygen atoms in total. The van der Waals surface area contributed by atoms with Crippen molar-refractivity contribution in [3.8, 4) is 29.5 Å². The fourth-order valence-corrected chi connectivity index (χ4v) is 3.00. The largest absolute Gasteiger partial charge is 0.492 e. The van der Waals surface area contributed by atoms with Crippen LogP contribution in [0.2, 0.25) is 0 Å². The van der Waals surface area contributed by atoms with Crippen LogP contribution in [0, 0.1) is 12.3 Å². The SMILES string of the molecule is C#CCn1c(=O)c2c(nc(-c3cccc(OCCN(C)C)c3)n2C)n(C)c1=O. The molecule has 0 unspecified atom stereocenters. The van der Waals surface area contributed by atoms with Gasteiger partial charge < -0.3 is 14.2 Å². The molecule has 3 aromatic rings. The van der Waals surface area contributed by atoms with E-state index >= 15 is 0 Å². The lowest BCUT2D eigenvalue weighted by Crippen LogP contribution is -2.39. The van der Waals surface area contributed by atoms with Gasteiger partial charge in [0.2, 0.25) is 0 Å². The van der Waals surface area contributed by atoms with Gasteiger partial charge in [-0.15, -0.1) is 6.42 Å². The van der Waals surface area contributed by atoms with Gasteiger partial charge in [-0.25, -0.2) is 14.3 Å². The van der Waals surface area contributed by atoms with Gasteiger partial charge in [-0.05, 0) is 26.2 Å². The summed E-state index contributed by atoms with van der Waals surface area (Å²) in [5.74, 6) is 3.63. The monoisotopic (exact) mass is 381 g/mol. The molecule has 0 spiro atoms. The first-order valence-corrected chi connectivity index (χ1v) is 8.82. The number of likely N-dealkylation sites (N-methyl/N-ethyl adjacent to an activating group) is 1. The third-order valence-electron chi connectivity index (χ3n) is 4.51. The summed E-state index contributed by atoms with van der Waals surface area (Å²) in [5, 5.41) is 0. The first-order valence-electron chi connectivity index (χ1n) is 8.82. The Balaban J connectivity index is 2.10. The summed E-state index contributed by atoms with van der Waals surface area (Å²) in [7, 11) is 7.29. The zero-order chi connectivity index (χ0) is 20.4. The zero-order valence-corrected chi connectivity index (χ0v) is 16.5. The van der Waals surface area contributed by atoms with Crippen molar-refractivity contribution in [2.24, 2.45) is 14.1 Å². The molecule has 2 aromatic heterocycles. The Morgan fingerprint density at radius 1 is 1.21 bits per heavy atom. The quantitative estimate of drug-likeness (QED) is 0.587. The summed E-state index contributed by atoms with van der Waals surface area (Å²) < 4.78 is 9.85. The Labute approximate surface area is 162 Å². The van der Waals surface area contributed by atoms with Gasteiger partial charge in [0.05, 0.1) is 6.54 Å². The average molecular weight is 381 g/mol. The second-order valence-corrected chi connectivity index (χ2v) is 6.78. The highest BCUT2D eigenvalue weighted by Gasteiger charge is 2.19. The predicted molar refractivity (Wildman–Crippen MR) is 109 cm³/mol. The maximum absolute atomic E-state index is 12.8. The van der Waals surface area contributed by atoms with Crippen molar-refractivity contribution in [3.05, 3.63) is 45.1 Å². The Bertz CT molecular complexity index is 1180. The summed E-state index contributed by atoms with van der Waals surface area (Å²) in [4.78, 5) is 31.8. The number of fused-ring (bicyclic) bond motifs is 1. The molecule has 0 saturated carbocycles. The molecular formula is C20H23N5O3. The van der Waals surface area contributed by atoms with E-state index in [0.29, 0.717) is 29.3 Å². The van der Waals surface area contributed by atoms with Crippen molar-refractivity contribution in [1.29, 1.82) is 0 Å². The van der Waals surface area contributed by atoms with Crippen LogP contribution in [0.3, 0.4) is 0 Å². The van der Waals surface area contributed by atoms with Crippen LogP contribution < -0.4 is 16.0 Å². The number of nitrogens with zero attached hydrogens (tertiary/aromatic N) is 5. The molecule has 3 rings (SSSR count). The van der Waals surface area contributed by atoms with E-state index < -0.39 is 11.2 Å². The first-order chi connectivity index (χ1) is 13.3. The number of benzene rings is 1. The van der Waals surface area contributed by atoms with E-state index in [1.165, 1.54) is 4.57 Å². The van der Waals surface area contributed by atoms with Crippen LogP contribution in [0.4, 0.5) is 0 Å². The number of hydrogen-bond donors (Lipinski definition) is 0. The van der Waals surface area contributed by atoms with E-state index in [2.05, 4.69) is 10.9 Å². The fourth-order valence-electron chi connectivity index (χ4n) is 3.00. The number of imidazole rings is 1. The first kappa shape index (κ1) is 19.5.